The van der Waals surface area contributed by atoms with Crippen LogP contribution in [0.4, 0.5) is 18.9 Å². The van der Waals surface area contributed by atoms with Gasteiger partial charge in [0.05, 0.1) is 5.56 Å². The highest BCUT2D eigenvalue weighted by Crippen LogP contribution is 2.31. The number of alkyl halides is 3. The van der Waals surface area contributed by atoms with Crippen LogP contribution < -0.4 is 5.32 Å². The maximum atomic E-state index is 12.5. The number of hydrogen-bond donors (Lipinski definition) is 1. The monoisotopic (exact) mass is 357 g/mol. The van der Waals surface area contributed by atoms with Gasteiger partial charge in [-0.05, 0) is 65.2 Å². The van der Waals surface area contributed by atoms with E-state index in [1.165, 1.54) is 12.1 Å². The van der Waals surface area contributed by atoms with E-state index in [0.29, 0.717) is 0 Å². The molecule has 0 aliphatic carbocycles. The van der Waals surface area contributed by atoms with Crippen LogP contribution in [-0.4, -0.2) is 0 Å². The van der Waals surface area contributed by atoms with Crippen molar-refractivity contribution in [2.75, 3.05) is 5.32 Å². The minimum absolute atomic E-state index is 0.0914. The minimum Gasteiger partial charge on any atom is -0.378 e. The van der Waals surface area contributed by atoms with Gasteiger partial charge in [-0.3, -0.25) is 0 Å². The van der Waals surface area contributed by atoms with Crippen molar-refractivity contribution in [2.45, 2.75) is 26.1 Å². The van der Waals surface area contributed by atoms with Crippen LogP contribution in [0.5, 0.6) is 0 Å². The van der Waals surface area contributed by atoms with Crippen LogP contribution in [-0.2, 0) is 6.18 Å². The summed E-state index contributed by atoms with van der Waals surface area (Å²) < 4.78 is 38.5. The van der Waals surface area contributed by atoms with E-state index in [9.17, 15) is 13.2 Å². The Hall–Kier alpha value is -1.49. The number of nitrogens with one attached hydrogen (secondary N) is 1. The van der Waals surface area contributed by atoms with Crippen LogP contribution in [0.2, 0.25) is 0 Å². The van der Waals surface area contributed by atoms with Crippen LogP contribution in [0.1, 0.15) is 29.7 Å². The van der Waals surface area contributed by atoms with E-state index in [1.807, 2.05) is 32.0 Å². The van der Waals surface area contributed by atoms with Crippen molar-refractivity contribution in [3.05, 3.63) is 63.6 Å². The highest BCUT2D eigenvalue weighted by molar-refractivity contribution is 9.10. The summed E-state index contributed by atoms with van der Waals surface area (Å²) >= 11 is 3.47. The third-order valence-electron chi connectivity index (χ3n) is 3.23. The van der Waals surface area contributed by atoms with Gasteiger partial charge in [0, 0.05) is 16.2 Å². The summed E-state index contributed by atoms with van der Waals surface area (Å²) in [4.78, 5) is 0. The van der Waals surface area contributed by atoms with Crippen molar-refractivity contribution >= 4 is 21.6 Å². The number of hydrogen-bond acceptors (Lipinski definition) is 1. The topological polar surface area (TPSA) is 12.0 Å². The summed E-state index contributed by atoms with van der Waals surface area (Å²) in [6, 6.07) is 11.0. The van der Waals surface area contributed by atoms with E-state index in [4.69, 9.17) is 0 Å². The van der Waals surface area contributed by atoms with Gasteiger partial charge in [0.1, 0.15) is 0 Å². The molecule has 1 atom stereocenters. The lowest BCUT2D eigenvalue weighted by atomic mass is 10.1. The molecule has 2 aromatic rings. The first-order chi connectivity index (χ1) is 9.77. The highest BCUT2D eigenvalue weighted by atomic mass is 79.9. The van der Waals surface area contributed by atoms with Crippen LogP contribution in [0.25, 0.3) is 0 Å². The van der Waals surface area contributed by atoms with Gasteiger partial charge < -0.3 is 5.32 Å². The zero-order chi connectivity index (χ0) is 15.6. The molecule has 112 valence electrons. The molecule has 0 spiro atoms. The SMILES string of the molecule is Cc1ccc(NC(C)c2ccc(C(F)(F)F)cc2)c(Br)c1. The first kappa shape index (κ1) is 15.9. The Labute approximate surface area is 130 Å². The molecule has 21 heavy (non-hydrogen) atoms. The molecular formula is C16H15BrF3N. The molecule has 0 fully saturated rings. The molecule has 0 radical (unpaired) electrons. The molecule has 1 N–H and O–H groups in total. The normalized spacial score (nSPS) is 13.0. The third-order valence-corrected chi connectivity index (χ3v) is 3.89. The van der Waals surface area contributed by atoms with Crippen molar-refractivity contribution in [3.63, 3.8) is 0 Å². The van der Waals surface area contributed by atoms with Gasteiger partial charge >= 0.3 is 6.18 Å². The maximum Gasteiger partial charge on any atom is 0.416 e. The second kappa shape index (κ2) is 6.10. The number of aryl methyl sites for hydroxylation is 1. The molecule has 0 saturated carbocycles. The predicted molar refractivity (Wildman–Crippen MR) is 82.4 cm³/mol. The molecular weight excluding hydrogens is 343 g/mol. The summed E-state index contributed by atoms with van der Waals surface area (Å²) in [5, 5.41) is 3.28. The Morgan fingerprint density at radius 3 is 2.19 bits per heavy atom. The molecule has 0 amide bonds. The third kappa shape index (κ3) is 4.00. The predicted octanol–water partition coefficient (Wildman–Crippen LogP) is 5.95. The molecule has 0 saturated heterocycles. The Morgan fingerprint density at radius 1 is 1.05 bits per heavy atom. The summed E-state index contributed by atoms with van der Waals surface area (Å²) in [6.45, 7) is 3.91. The van der Waals surface area contributed by atoms with Crippen molar-refractivity contribution in [1.29, 1.82) is 0 Å². The van der Waals surface area contributed by atoms with Crippen LogP contribution in [0.3, 0.4) is 0 Å². The fourth-order valence-electron chi connectivity index (χ4n) is 2.01. The smallest absolute Gasteiger partial charge is 0.378 e. The average molecular weight is 358 g/mol. The van der Waals surface area contributed by atoms with Crippen molar-refractivity contribution in [2.24, 2.45) is 0 Å². The molecule has 5 heteroatoms. The van der Waals surface area contributed by atoms with E-state index in [2.05, 4.69) is 21.2 Å². The largest absolute Gasteiger partial charge is 0.416 e. The molecule has 0 heterocycles. The van der Waals surface area contributed by atoms with E-state index in [0.717, 1.165) is 33.4 Å². The molecule has 2 aromatic carbocycles. The van der Waals surface area contributed by atoms with E-state index < -0.39 is 11.7 Å². The second-order valence-corrected chi connectivity index (χ2v) is 5.82. The van der Waals surface area contributed by atoms with Gasteiger partial charge in [-0.1, -0.05) is 18.2 Å². The Kier molecular flexibility index (Phi) is 4.61. The van der Waals surface area contributed by atoms with Gasteiger partial charge in [0.15, 0.2) is 0 Å². The first-order valence-corrected chi connectivity index (χ1v) is 7.26. The number of anilines is 1. The second-order valence-electron chi connectivity index (χ2n) is 4.97. The lowest BCUT2D eigenvalue weighted by Crippen LogP contribution is -2.09. The summed E-state index contributed by atoms with van der Waals surface area (Å²) in [5.41, 5.74) is 2.22. The molecule has 0 aromatic heterocycles. The van der Waals surface area contributed by atoms with Gasteiger partial charge in [-0.15, -0.1) is 0 Å². The Balaban J connectivity index is 2.15. The van der Waals surface area contributed by atoms with Crippen molar-refractivity contribution < 1.29 is 13.2 Å². The van der Waals surface area contributed by atoms with Gasteiger partial charge in [-0.25, -0.2) is 0 Å². The molecule has 0 aliphatic rings. The van der Waals surface area contributed by atoms with Gasteiger partial charge in [0.25, 0.3) is 0 Å². The fraction of sp³-hybridized carbons (Fsp3) is 0.250. The first-order valence-electron chi connectivity index (χ1n) is 6.47. The van der Waals surface area contributed by atoms with E-state index in [1.54, 1.807) is 0 Å². The number of benzene rings is 2. The van der Waals surface area contributed by atoms with Gasteiger partial charge in [0.2, 0.25) is 0 Å². The standard InChI is InChI=1S/C16H15BrF3N/c1-10-3-8-15(14(17)9-10)21-11(2)12-4-6-13(7-5-12)16(18,19)20/h3-9,11,21H,1-2H3. The quantitative estimate of drug-likeness (QED) is 0.715. The maximum absolute atomic E-state index is 12.5. The molecule has 1 unspecified atom stereocenters. The average Bonchev–Trinajstić information content (AvgIpc) is 2.41. The number of halogens is 4. The lowest BCUT2D eigenvalue weighted by molar-refractivity contribution is -0.137. The minimum atomic E-state index is -4.30. The summed E-state index contributed by atoms with van der Waals surface area (Å²) in [5.74, 6) is 0. The molecule has 0 bridgehead atoms. The van der Waals surface area contributed by atoms with E-state index in [-0.39, 0.29) is 6.04 Å². The zero-order valence-electron chi connectivity index (χ0n) is 11.6. The summed E-state index contributed by atoms with van der Waals surface area (Å²) in [7, 11) is 0. The van der Waals surface area contributed by atoms with Crippen LogP contribution in [0.15, 0.2) is 46.9 Å². The van der Waals surface area contributed by atoms with Crippen LogP contribution >= 0.6 is 15.9 Å². The van der Waals surface area contributed by atoms with Crippen molar-refractivity contribution in [3.8, 4) is 0 Å². The molecule has 0 aliphatic heterocycles. The van der Waals surface area contributed by atoms with Crippen LogP contribution in [0, 0.1) is 6.92 Å². The summed E-state index contributed by atoms with van der Waals surface area (Å²) in [6.07, 6.45) is -4.30. The lowest BCUT2D eigenvalue weighted by Gasteiger charge is -2.18. The van der Waals surface area contributed by atoms with Crippen molar-refractivity contribution in [1.82, 2.24) is 0 Å². The fourth-order valence-corrected chi connectivity index (χ4v) is 2.62. The van der Waals surface area contributed by atoms with E-state index >= 15 is 0 Å². The number of rotatable bonds is 3. The molecule has 1 nitrogen and oxygen atoms in total. The highest BCUT2D eigenvalue weighted by Gasteiger charge is 2.30. The zero-order valence-corrected chi connectivity index (χ0v) is 13.2. The Bertz CT molecular complexity index is 620. The van der Waals surface area contributed by atoms with Gasteiger partial charge in [-0.2, -0.15) is 13.2 Å². The Morgan fingerprint density at radius 2 is 1.67 bits per heavy atom. The molecule has 2 rings (SSSR count).